The van der Waals surface area contributed by atoms with Gasteiger partial charge < -0.3 is 0 Å². The molecule has 88 valence electrons. The van der Waals surface area contributed by atoms with Gasteiger partial charge in [0.15, 0.2) is 0 Å². The summed E-state index contributed by atoms with van der Waals surface area (Å²) in [4.78, 5) is 8.71. The van der Waals surface area contributed by atoms with Crippen LogP contribution < -0.4 is 0 Å². The van der Waals surface area contributed by atoms with Crippen LogP contribution in [0, 0.1) is 13.8 Å². The van der Waals surface area contributed by atoms with Crippen molar-refractivity contribution in [3.05, 3.63) is 59.9 Å². The van der Waals surface area contributed by atoms with E-state index in [1.165, 1.54) is 22.3 Å². The second-order valence-corrected chi connectivity index (χ2v) is 4.53. The van der Waals surface area contributed by atoms with Crippen LogP contribution in [0.3, 0.4) is 0 Å². The molecule has 3 rings (SSSR count). The predicted octanol–water partition coefficient (Wildman–Crippen LogP) is 3.91. The molecule has 0 fully saturated rings. The van der Waals surface area contributed by atoms with Crippen molar-refractivity contribution in [2.45, 2.75) is 13.8 Å². The van der Waals surface area contributed by atoms with E-state index < -0.39 is 0 Å². The van der Waals surface area contributed by atoms with E-state index in [0.29, 0.717) is 0 Å². The van der Waals surface area contributed by atoms with E-state index >= 15 is 0 Å². The molecule has 0 atom stereocenters. The molecule has 1 aromatic heterocycles. The van der Waals surface area contributed by atoms with Crippen LogP contribution in [0.1, 0.15) is 11.1 Å². The van der Waals surface area contributed by atoms with Crippen molar-refractivity contribution in [3.8, 4) is 11.1 Å². The largest absolute Gasteiger partial charge is 0.253 e. The van der Waals surface area contributed by atoms with Gasteiger partial charge in [0.05, 0.1) is 11.0 Å². The molecule has 2 nitrogen and oxygen atoms in total. The molecule has 0 aliphatic heterocycles. The number of hydrogen-bond donors (Lipinski definition) is 0. The fourth-order valence-electron chi connectivity index (χ4n) is 2.28. The zero-order chi connectivity index (χ0) is 12.5. The van der Waals surface area contributed by atoms with Gasteiger partial charge in [-0.2, -0.15) is 0 Å². The van der Waals surface area contributed by atoms with Gasteiger partial charge >= 0.3 is 0 Å². The third-order valence-corrected chi connectivity index (χ3v) is 3.25. The van der Waals surface area contributed by atoms with E-state index in [1.54, 1.807) is 12.4 Å². The first kappa shape index (κ1) is 10.9. The van der Waals surface area contributed by atoms with E-state index in [0.717, 1.165) is 11.0 Å². The lowest BCUT2D eigenvalue weighted by Gasteiger charge is -2.10. The van der Waals surface area contributed by atoms with Gasteiger partial charge in [-0.1, -0.05) is 24.3 Å². The highest BCUT2D eigenvalue weighted by Crippen LogP contribution is 2.28. The van der Waals surface area contributed by atoms with E-state index in [9.17, 15) is 0 Å². The minimum atomic E-state index is 0.946. The Labute approximate surface area is 106 Å². The Morgan fingerprint density at radius 2 is 1.39 bits per heavy atom. The zero-order valence-corrected chi connectivity index (χ0v) is 10.5. The fourth-order valence-corrected chi connectivity index (χ4v) is 2.28. The Morgan fingerprint density at radius 1 is 0.722 bits per heavy atom. The lowest BCUT2D eigenvalue weighted by atomic mass is 9.96. The van der Waals surface area contributed by atoms with Crippen LogP contribution in [0.5, 0.6) is 0 Å². The first-order chi connectivity index (χ1) is 8.75. The minimum absolute atomic E-state index is 0.946. The van der Waals surface area contributed by atoms with Gasteiger partial charge in [0, 0.05) is 12.4 Å². The molecule has 2 aromatic carbocycles. The average Bonchev–Trinajstić information content (AvgIpc) is 2.39. The van der Waals surface area contributed by atoms with E-state index in [2.05, 4.69) is 60.2 Å². The van der Waals surface area contributed by atoms with Gasteiger partial charge in [-0.15, -0.1) is 0 Å². The summed E-state index contributed by atoms with van der Waals surface area (Å²) >= 11 is 0. The molecule has 0 bridgehead atoms. The summed E-state index contributed by atoms with van der Waals surface area (Å²) in [5, 5.41) is 0. The van der Waals surface area contributed by atoms with Gasteiger partial charge in [0.25, 0.3) is 0 Å². The van der Waals surface area contributed by atoms with E-state index in [4.69, 9.17) is 0 Å². The topological polar surface area (TPSA) is 25.8 Å². The Hall–Kier alpha value is -2.22. The lowest BCUT2D eigenvalue weighted by Crippen LogP contribution is -1.90. The third-order valence-electron chi connectivity index (χ3n) is 3.25. The maximum atomic E-state index is 4.38. The molecule has 1 heterocycles. The van der Waals surface area contributed by atoms with Crippen LogP contribution in [0.4, 0.5) is 0 Å². The van der Waals surface area contributed by atoms with Crippen molar-refractivity contribution in [1.29, 1.82) is 0 Å². The molecular formula is C16H14N2. The molecule has 0 aliphatic carbocycles. The molecule has 0 aliphatic rings. The summed E-state index contributed by atoms with van der Waals surface area (Å²) in [6.45, 7) is 4.26. The van der Waals surface area contributed by atoms with E-state index in [-0.39, 0.29) is 0 Å². The van der Waals surface area contributed by atoms with Crippen LogP contribution in [0.25, 0.3) is 22.2 Å². The number of fused-ring (bicyclic) bond motifs is 1. The van der Waals surface area contributed by atoms with Crippen LogP contribution in [0.15, 0.2) is 48.8 Å². The predicted molar refractivity (Wildman–Crippen MR) is 74.4 cm³/mol. The second kappa shape index (κ2) is 4.22. The molecule has 0 radical (unpaired) electrons. The molecule has 0 N–H and O–H groups in total. The highest BCUT2D eigenvalue weighted by atomic mass is 14.8. The number of benzene rings is 2. The van der Waals surface area contributed by atoms with Crippen molar-refractivity contribution >= 4 is 11.0 Å². The Kier molecular flexibility index (Phi) is 2.56. The molecule has 0 spiro atoms. The summed E-state index contributed by atoms with van der Waals surface area (Å²) < 4.78 is 0. The lowest BCUT2D eigenvalue weighted by molar-refractivity contribution is 1.28. The van der Waals surface area contributed by atoms with Crippen molar-refractivity contribution in [1.82, 2.24) is 9.97 Å². The van der Waals surface area contributed by atoms with Gasteiger partial charge in [-0.25, -0.2) is 0 Å². The van der Waals surface area contributed by atoms with Gasteiger partial charge in [-0.3, -0.25) is 9.97 Å². The number of aryl methyl sites for hydroxylation is 2. The fraction of sp³-hybridized carbons (Fsp3) is 0.125. The monoisotopic (exact) mass is 234 g/mol. The van der Waals surface area contributed by atoms with Gasteiger partial charge in [0.1, 0.15) is 0 Å². The Balaban J connectivity index is 2.30. The molecular weight excluding hydrogens is 220 g/mol. The number of rotatable bonds is 1. The van der Waals surface area contributed by atoms with Crippen LogP contribution in [-0.2, 0) is 0 Å². The SMILES string of the molecule is Cc1ccccc1-c1cc2nccnc2cc1C. The number of hydrogen-bond acceptors (Lipinski definition) is 2. The van der Waals surface area contributed by atoms with Gasteiger partial charge in [0.2, 0.25) is 0 Å². The van der Waals surface area contributed by atoms with E-state index in [1.807, 2.05) is 0 Å². The van der Waals surface area contributed by atoms with Crippen LogP contribution in [-0.4, -0.2) is 9.97 Å². The smallest absolute Gasteiger partial charge is 0.0893 e. The molecule has 0 unspecified atom stereocenters. The Morgan fingerprint density at radius 3 is 2.11 bits per heavy atom. The quantitative estimate of drug-likeness (QED) is 0.638. The summed E-state index contributed by atoms with van der Waals surface area (Å²) in [5.41, 5.74) is 6.92. The van der Waals surface area contributed by atoms with Crippen molar-refractivity contribution < 1.29 is 0 Å². The summed E-state index contributed by atoms with van der Waals surface area (Å²) in [7, 11) is 0. The molecule has 0 saturated heterocycles. The normalized spacial score (nSPS) is 10.8. The van der Waals surface area contributed by atoms with Gasteiger partial charge in [-0.05, 0) is 48.2 Å². The zero-order valence-electron chi connectivity index (χ0n) is 10.5. The van der Waals surface area contributed by atoms with Crippen molar-refractivity contribution in [2.24, 2.45) is 0 Å². The summed E-state index contributed by atoms with van der Waals surface area (Å²) in [5.74, 6) is 0. The number of nitrogens with zero attached hydrogens (tertiary/aromatic N) is 2. The maximum absolute atomic E-state index is 4.38. The van der Waals surface area contributed by atoms with Crippen LogP contribution in [0.2, 0.25) is 0 Å². The molecule has 0 saturated carbocycles. The average molecular weight is 234 g/mol. The maximum Gasteiger partial charge on any atom is 0.0893 e. The first-order valence-electron chi connectivity index (χ1n) is 6.03. The highest BCUT2D eigenvalue weighted by molar-refractivity contribution is 5.84. The molecule has 3 aromatic rings. The summed E-state index contributed by atoms with van der Waals surface area (Å²) in [6.07, 6.45) is 3.47. The van der Waals surface area contributed by atoms with Crippen LogP contribution >= 0.6 is 0 Å². The summed E-state index contributed by atoms with van der Waals surface area (Å²) in [6, 6.07) is 12.7. The number of aromatic nitrogens is 2. The first-order valence-corrected chi connectivity index (χ1v) is 6.03. The third kappa shape index (κ3) is 1.76. The second-order valence-electron chi connectivity index (χ2n) is 4.53. The Bertz CT molecular complexity index is 717. The minimum Gasteiger partial charge on any atom is -0.253 e. The molecule has 18 heavy (non-hydrogen) atoms. The molecule has 2 heteroatoms. The highest BCUT2D eigenvalue weighted by Gasteiger charge is 2.07. The molecule has 0 amide bonds. The van der Waals surface area contributed by atoms with Crippen molar-refractivity contribution in [2.75, 3.05) is 0 Å². The standard InChI is InChI=1S/C16H14N2/c1-11-5-3-4-6-13(11)14-10-16-15(9-12(14)2)17-7-8-18-16/h3-10H,1-2H3. The van der Waals surface area contributed by atoms with Crippen molar-refractivity contribution in [3.63, 3.8) is 0 Å².